The Morgan fingerprint density at radius 1 is 1.42 bits per heavy atom. The van der Waals surface area contributed by atoms with Crippen molar-refractivity contribution in [3.8, 4) is 0 Å². The first-order valence-electron chi connectivity index (χ1n) is 6.08. The molecule has 0 aliphatic heterocycles. The molecule has 1 aliphatic carbocycles. The highest BCUT2D eigenvalue weighted by Crippen LogP contribution is 2.40. The van der Waals surface area contributed by atoms with Crippen molar-refractivity contribution in [2.75, 3.05) is 0 Å². The maximum Gasteiger partial charge on any atom is 0.335 e. The van der Waals surface area contributed by atoms with Crippen LogP contribution in [0.2, 0.25) is 0 Å². The van der Waals surface area contributed by atoms with Gasteiger partial charge in [-0.05, 0) is 31.0 Å². The molecule has 98 valence electrons. The Balaban J connectivity index is 2.19. The van der Waals surface area contributed by atoms with Crippen LogP contribution in [-0.4, -0.2) is 26.5 Å². The number of hydrogen-bond acceptors (Lipinski definition) is 3. The standard InChI is InChI=1S/C13H13N3O3/c14-11(17)6-16-10-5-8(13(18)19)3-4-9(10)15-12(16)7-1-2-7/h3-5,7H,1-2,6H2,(H2,14,17)(H,18,19). The first-order valence-corrected chi connectivity index (χ1v) is 6.08. The Morgan fingerprint density at radius 2 is 2.16 bits per heavy atom. The molecule has 19 heavy (non-hydrogen) atoms. The lowest BCUT2D eigenvalue weighted by Gasteiger charge is -2.06. The summed E-state index contributed by atoms with van der Waals surface area (Å²) in [6.07, 6.45) is 2.10. The van der Waals surface area contributed by atoms with Crippen LogP contribution in [0.3, 0.4) is 0 Å². The average Bonchev–Trinajstić information content (AvgIpc) is 3.13. The molecule has 1 aliphatic rings. The summed E-state index contributed by atoms with van der Waals surface area (Å²) in [6.45, 7) is 0.0331. The summed E-state index contributed by atoms with van der Waals surface area (Å²) < 4.78 is 1.74. The number of nitrogens with zero attached hydrogens (tertiary/aromatic N) is 2. The molecular formula is C13H13N3O3. The van der Waals surface area contributed by atoms with E-state index in [9.17, 15) is 9.59 Å². The van der Waals surface area contributed by atoms with Gasteiger partial charge in [-0.15, -0.1) is 0 Å². The van der Waals surface area contributed by atoms with Gasteiger partial charge in [-0.3, -0.25) is 4.79 Å². The molecule has 6 nitrogen and oxygen atoms in total. The highest BCUT2D eigenvalue weighted by molar-refractivity contribution is 5.93. The number of primary amides is 1. The van der Waals surface area contributed by atoms with Gasteiger partial charge >= 0.3 is 5.97 Å². The van der Waals surface area contributed by atoms with Crippen LogP contribution < -0.4 is 5.73 Å². The van der Waals surface area contributed by atoms with Crippen molar-refractivity contribution in [1.29, 1.82) is 0 Å². The van der Waals surface area contributed by atoms with Crippen LogP contribution in [0.4, 0.5) is 0 Å². The lowest BCUT2D eigenvalue weighted by Crippen LogP contribution is -2.20. The van der Waals surface area contributed by atoms with Crippen molar-refractivity contribution in [2.45, 2.75) is 25.3 Å². The third-order valence-electron chi connectivity index (χ3n) is 3.28. The molecule has 1 heterocycles. The topological polar surface area (TPSA) is 98.2 Å². The van der Waals surface area contributed by atoms with Crippen molar-refractivity contribution in [2.24, 2.45) is 5.73 Å². The minimum absolute atomic E-state index is 0.0331. The highest BCUT2D eigenvalue weighted by atomic mass is 16.4. The second-order valence-electron chi connectivity index (χ2n) is 4.81. The fourth-order valence-electron chi connectivity index (χ4n) is 2.25. The number of aromatic nitrogens is 2. The van der Waals surface area contributed by atoms with Gasteiger partial charge in [0.25, 0.3) is 0 Å². The molecule has 1 aromatic heterocycles. The Labute approximate surface area is 108 Å². The van der Waals surface area contributed by atoms with Crippen molar-refractivity contribution < 1.29 is 14.7 Å². The number of aromatic carboxylic acids is 1. The summed E-state index contributed by atoms with van der Waals surface area (Å²) in [7, 11) is 0. The quantitative estimate of drug-likeness (QED) is 0.858. The summed E-state index contributed by atoms with van der Waals surface area (Å²) >= 11 is 0. The van der Waals surface area contributed by atoms with E-state index in [2.05, 4.69) is 4.98 Å². The van der Waals surface area contributed by atoms with Gasteiger partial charge in [0.15, 0.2) is 0 Å². The number of rotatable bonds is 4. The van der Waals surface area contributed by atoms with Crippen LogP contribution in [0.1, 0.15) is 34.9 Å². The molecule has 1 aromatic carbocycles. The molecule has 3 rings (SSSR count). The largest absolute Gasteiger partial charge is 0.478 e. The molecule has 1 amide bonds. The Bertz CT molecular complexity index is 686. The minimum atomic E-state index is -0.998. The molecule has 2 aromatic rings. The number of hydrogen-bond donors (Lipinski definition) is 2. The Morgan fingerprint density at radius 3 is 2.74 bits per heavy atom. The van der Waals surface area contributed by atoms with Crippen molar-refractivity contribution in [3.63, 3.8) is 0 Å². The number of carboxylic acids is 1. The van der Waals surface area contributed by atoms with E-state index in [1.54, 1.807) is 16.7 Å². The van der Waals surface area contributed by atoms with Gasteiger partial charge < -0.3 is 15.4 Å². The monoisotopic (exact) mass is 259 g/mol. The van der Waals surface area contributed by atoms with Crippen molar-refractivity contribution >= 4 is 22.9 Å². The number of imidazole rings is 1. The van der Waals surface area contributed by atoms with E-state index in [4.69, 9.17) is 10.8 Å². The van der Waals surface area contributed by atoms with Gasteiger partial charge in [-0.1, -0.05) is 0 Å². The maximum atomic E-state index is 11.2. The van der Waals surface area contributed by atoms with Crippen LogP contribution in [0, 0.1) is 0 Å². The summed E-state index contributed by atoms with van der Waals surface area (Å²) in [4.78, 5) is 26.7. The van der Waals surface area contributed by atoms with Gasteiger partial charge in [0.05, 0.1) is 16.6 Å². The van der Waals surface area contributed by atoms with E-state index in [1.165, 1.54) is 6.07 Å². The first kappa shape index (κ1) is 11.7. The maximum absolute atomic E-state index is 11.2. The van der Waals surface area contributed by atoms with Crippen molar-refractivity contribution in [1.82, 2.24) is 9.55 Å². The second kappa shape index (κ2) is 4.08. The van der Waals surface area contributed by atoms with E-state index in [0.29, 0.717) is 17.0 Å². The normalized spacial score (nSPS) is 14.7. The summed E-state index contributed by atoms with van der Waals surface area (Å²) in [6, 6.07) is 4.73. The smallest absolute Gasteiger partial charge is 0.335 e. The van der Waals surface area contributed by atoms with Crippen molar-refractivity contribution in [3.05, 3.63) is 29.6 Å². The molecule has 0 atom stereocenters. The molecule has 0 unspecified atom stereocenters. The van der Waals surface area contributed by atoms with E-state index in [0.717, 1.165) is 18.7 Å². The Hall–Kier alpha value is -2.37. The van der Waals surface area contributed by atoms with E-state index in [-0.39, 0.29) is 12.1 Å². The SMILES string of the molecule is NC(=O)Cn1c(C2CC2)nc2ccc(C(=O)O)cc21. The molecular weight excluding hydrogens is 246 g/mol. The zero-order chi connectivity index (χ0) is 13.6. The summed E-state index contributed by atoms with van der Waals surface area (Å²) in [5.74, 6) is -0.264. The zero-order valence-corrected chi connectivity index (χ0v) is 10.2. The van der Waals surface area contributed by atoms with E-state index in [1.807, 2.05) is 0 Å². The van der Waals surface area contributed by atoms with E-state index >= 15 is 0 Å². The molecule has 0 spiro atoms. The predicted molar refractivity (Wildman–Crippen MR) is 67.9 cm³/mol. The average molecular weight is 259 g/mol. The van der Waals surface area contributed by atoms with Gasteiger partial charge in [-0.2, -0.15) is 0 Å². The van der Waals surface area contributed by atoms with Crippen LogP contribution in [0.15, 0.2) is 18.2 Å². The van der Waals surface area contributed by atoms with Crippen LogP contribution in [0.5, 0.6) is 0 Å². The van der Waals surface area contributed by atoms with Gasteiger partial charge in [0.2, 0.25) is 5.91 Å². The fraction of sp³-hybridized carbons (Fsp3) is 0.308. The van der Waals surface area contributed by atoms with E-state index < -0.39 is 11.9 Å². The first-order chi connectivity index (χ1) is 9.06. The van der Waals surface area contributed by atoms with Gasteiger partial charge in [0, 0.05) is 5.92 Å². The lowest BCUT2D eigenvalue weighted by molar-refractivity contribution is -0.118. The molecule has 1 fully saturated rings. The highest BCUT2D eigenvalue weighted by Gasteiger charge is 2.30. The molecule has 3 N–H and O–H groups in total. The number of benzene rings is 1. The second-order valence-corrected chi connectivity index (χ2v) is 4.81. The van der Waals surface area contributed by atoms with Gasteiger partial charge in [-0.25, -0.2) is 9.78 Å². The number of nitrogens with two attached hydrogens (primary N) is 1. The van der Waals surface area contributed by atoms with Crippen LogP contribution in [0.25, 0.3) is 11.0 Å². The molecule has 6 heteroatoms. The predicted octanol–water partition coefficient (Wildman–Crippen LogP) is 1.10. The Kier molecular flexibility index (Phi) is 2.51. The molecule has 1 saturated carbocycles. The number of carbonyl (C=O) groups is 2. The lowest BCUT2D eigenvalue weighted by atomic mass is 10.2. The molecule has 0 saturated heterocycles. The number of fused-ring (bicyclic) bond motifs is 1. The number of carboxylic acid groups (broad SMARTS) is 1. The molecule has 0 radical (unpaired) electrons. The number of amides is 1. The summed E-state index contributed by atoms with van der Waals surface area (Å²) in [5, 5.41) is 9.02. The summed E-state index contributed by atoms with van der Waals surface area (Å²) in [5.41, 5.74) is 6.79. The third-order valence-corrected chi connectivity index (χ3v) is 3.28. The van der Waals surface area contributed by atoms with Crippen LogP contribution in [-0.2, 0) is 11.3 Å². The number of carbonyl (C=O) groups excluding carboxylic acids is 1. The zero-order valence-electron chi connectivity index (χ0n) is 10.2. The van der Waals surface area contributed by atoms with Crippen LogP contribution >= 0.6 is 0 Å². The fourth-order valence-corrected chi connectivity index (χ4v) is 2.25. The minimum Gasteiger partial charge on any atom is -0.478 e. The van der Waals surface area contributed by atoms with Gasteiger partial charge in [0.1, 0.15) is 12.4 Å². The third kappa shape index (κ3) is 2.05. The molecule has 0 bridgehead atoms.